The first-order valence-electron chi connectivity index (χ1n) is 7.30. The zero-order valence-electron chi connectivity index (χ0n) is 12.8. The molecule has 0 radical (unpaired) electrons. The fourth-order valence-electron chi connectivity index (χ4n) is 2.77. The van der Waals surface area contributed by atoms with E-state index in [1.54, 1.807) is 23.7 Å². The van der Waals surface area contributed by atoms with Crippen LogP contribution in [0.1, 0.15) is 30.4 Å². The molecule has 1 aromatic carbocycles. The number of carbonyl (C=O) groups is 1. The molecule has 3 rings (SSSR count). The SMILES string of the molecule is CCSc1nc(=O)c2c(n1C)NC(=O)CC2c1ccc(F)cc1. The predicted molar refractivity (Wildman–Crippen MR) is 87.4 cm³/mol. The minimum atomic E-state index is -0.411. The van der Waals surface area contributed by atoms with Crippen LogP contribution < -0.4 is 10.9 Å². The van der Waals surface area contributed by atoms with Gasteiger partial charge in [0.25, 0.3) is 5.56 Å². The molecule has 7 heteroatoms. The summed E-state index contributed by atoms with van der Waals surface area (Å²) in [7, 11) is 1.77. The van der Waals surface area contributed by atoms with E-state index in [0.29, 0.717) is 16.5 Å². The van der Waals surface area contributed by atoms with Crippen molar-refractivity contribution in [2.45, 2.75) is 24.4 Å². The Morgan fingerprint density at radius 2 is 2.04 bits per heavy atom. The summed E-state index contributed by atoms with van der Waals surface area (Å²) in [4.78, 5) is 28.7. The minimum absolute atomic E-state index is 0.149. The number of nitrogens with zero attached hydrogens (tertiary/aromatic N) is 2. The van der Waals surface area contributed by atoms with E-state index >= 15 is 0 Å². The number of fused-ring (bicyclic) bond motifs is 1. The van der Waals surface area contributed by atoms with Gasteiger partial charge in [-0.15, -0.1) is 0 Å². The lowest BCUT2D eigenvalue weighted by molar-refractivity contribution is -0.116. The first-order chi connectivity index (χ1) is 11.0. The van der Waals surface area contributed by atoms with E-state index in [1.165, 1.54) is 23.9 Å². The molecule has 0 bridgehead atoms. The summed E-state index contributed by atoms with van der Waals surface area (Å²) in [6.45, 7) is 1.97. The van der Waals surface area contributed by atoms with Crippen LogP contribution in [-0.4, -0.2) is 21.2 Å². The minimum Gasteiger partial charge on any atom is -0.312 e. The van der Waals surface area contributed by atoms with Gasteiger partial charge >= 0.3 is 0 Å². The largest absolute Gasteiger partial charge is 0.312 e. The standard InChI is InChI=1S/C16H16FN3O2S/c1-3-23-16-19-15(22)13-11(9-4-6-10(17)7-5-9)8-12(21)18-14(13)20(16)2/h4-7,11H,3,8H2,1-2H3,(H,18,21). The van der Waals surface area contributed by atoms with Crippen LogP contribution in [0.2, 0.25) is 0 Å². The second-order valence-corrected chi connectivity index (χ2v) is 6.54. The highest BCUT2D eigenvalue weighted by Gasteiger charge is 2.31. The maximum Gasteiger partial charge on any atom is 0.279 e. The number of carbonyl (C=O) groups excluding carboxylic acids is 1. The summed E-state index contributed by atoms with van der Waals surface area (Å²) in [6, 6.07) is 5.88. The van der Waals surface area contributed by atoms with Crippen LogP contribution >= 0.6 is 11.8 Å². The van der Waals surface area contributed by atoms with Crippen molar-refractivity contribution in [2.75, 3.05) is 11.1 Å². The van der Waals surface area contributed by atoms with Crippen molar-refractivity contribution in [3.8, 4) is 0 Å². The Morgan fingerprint density at radius 3 is 2.70 bits per heavy atom. The van der Waals surface area contributed by atoms with Crippen molar-refractivity contribution in [2.24, 2.45) is 7.05 Å². The molecular formula is C16H16FN3O2S. The summed E-state index contributed by atoms with van der Waals surface area (Å²) >= 11 is 1.44. The molecule has 1 atom stereocenters. The van der Waals surface area contributed by atoms with Crippen LogP contribution in [-0.2, 0) is 11.8 Å². The molecule has 23 heavy (non-hydrogen) atoms. The average Bonchev–Trinajstić information content (AvgIpc) is 2.52. The molecule has 0 fully saturated rings. The quantitative estimate of drug-likeness (QED) is 0.692. The van der Waals surface area contributed by atoms with E-state index in [0.717, 1.165) is 11.3 Å². The summed E-state index contributed by atoms with van der Waals surface area (Å²) < 4.78 is 14.9. The first kappa shape index (κ1) is 15.7. The van der Waals surface area contributed by atoms with Crippen LogP contribution in [0.15, 0.2) is 34.2 Å². The van der Waals surface area contributed by atoms with Crippen molar-refractivity contribution in [3.63, 3.8) is 0 Å². The van der Waals surface area contributed by atoms with Crippen molar-refractivity contribution < 1.29 is 9.18 Å². The second kappa shape index (κ2) is 6.16. The summed E-state index contributed by atoms with van der Waals surface area (Å²) in [5.41, 5.74) is 0.847. The third kappa shape index (κ3) is 2.88. The van der Waals surface area contributed by atoms with Gasteiger partial charge < -0.3 is 9.88 Å². The molecule has 2 heterocycles. The summed E-state index contributed by atoms with van der Waals surface area (Å²) in [5.74, 6) is 0.321. The zero-order valence-corrected chi connectivity index (χ0v) is 13.6. The van der Waals surface area contributed by atoms with E-state index < -0.39 is 5.92 Å². The average molecular weight is 333 g/mol. The number of thioether (sulfide) groups is 1. The third-order valence-electron chi connectivity index (χ3n) is 3.85. The van der Waals surface area contributed by atoms with Gasteiger partial charge in [-0.1, -0.05) is 30.8 Å². The molecule has 1 aromatic heterocycles. The van der Waals surface area contributed by atoms with Crippen molar-refractivity contribution in [1.29, 1.82) is 0 Å². The Morgan fingerprint density at radius 1 is 1.35 bits per heavy atom. The third-order valence-corrected chi connectivity index (χ3v) is 4.76. The summed E-state index contributed by atoms with van der Waals surface area (Å²) in [6.07, 6.45) is 0.149. The smallest absolute Gasteiger partial charge is 0.279 e. The van der Waals surface area contributed by atoms with E-state index in [1.807, 2.05) is 6.92 Å². The predicted octanol–water partition coefficient (Wildman–Crippen LogP) is 2.51. The van der Waals surface area contributed by atoms with E-state index in [9.17, 15) is 14.0 Å². The highest BCUT2D eigenvalue weighted by molar-refractivity contribution is 7.99. The van der Waals surface area contributed by atoms with Crippen molar-refractivity contribution in [3.05, 3.63) is 51.6 Å². The van der Waals surface area contributed by atoms with Crippen LogP contribution in [0.5, 0.6) is 0 Å². The van der Waals surface area contributed by atoms with E-state index in [2.05, 4.69) is 10.3 Å². The zero-order chi connectivity index (χ0) is 16.6. The number of benzene rings is 1. The number of amides is 1. The molecule has 1 aliphatic rings. The van der Waals surface area contributed by atoms with Crippen LogP contribution in [0.25, 0.3) is 0 Å². The lowest BCUT2D eigenvalue weighted by atomic mass is 9.87. The maximum absolute atomic E-state index is 13.1. The number of nitrogens with one attached hydrogen (secondary N) is 1. The number of anilines is 1. The normalized spacial score (nSPS) is 16.8. The number of aromatic nitrogens is 2. The van der Waals surface area contributed by atoms with Crippen LogP contribution in [0.4, 0.5) is 10.2 Å². The van der Waals surface area contributed by atoms with Crippen molar-refractivity contribution >= 4 is 23.5 Å². The molecule has 5 nitrogen and oxygen atoms in total. The van der Waals surface area contributed by atoms with Gasteiger partial charge in [-0.05, 0) is 23.4 Å². The summed E-state index contributed by atoms with van der Waals surface area (Å²) in [5, 5.41) is 3.34. The molecule has 1 aliphatic heterocycles. The Balaban J connectivity index is 2.18. The molecule has 0 saturated heterocycles. The number of halogens is 1. The van der Waals surface area contributed by atoms with Gasteiger partial charge in [-0.2, -0.15) is 4.98 Å². The number of hydrogen-bond donors (Lipinski definition) is 1. The molecule has 1 N–H and O–H groups in total. The molecule has 0 saturated carbocycles. The molecule has 0 spiro atoms. The van der Waals surface area contributed by atoms with Gasteiger partial charge in [-0.3, -0.25) is 9.59 Å². The molecule has 1 unspecified atom stereocenters. The maximum atomic E-state index is 13.1. The fraction of sp³-hybridized carbons (Fsp3) is 0.312. The lowest BCUT2D eigenvalue weighted by Gasteiger charge is -2.27. The van der Waals surface area contributed by atoms with Crippen LogP contribution in [0, 0.1) is 5.82 Å². The molecule has 1 amide bonds. The van der Waals surface area contributed by atoms with E-state index in [-0.39, 0.29) is 23.7 Å². The Hall–Kier alpha value is -2.15. The molecule has 120 valence electrons. The van der Waals surface area contributed by atoms with Gasteiger partial charge in [0, 0.05) is 19.4 Å². The molecule has 2 aromatic rings. The van der Waals surface area contributed by atoms with Gasteiger partial charge in [0.05, 0.1) is 5.56 Å². The first-order valence-corrected chi connectivity index (χ1v) is 8.28. The van der Waals surface area contributed by atoms with Crippen molar-refractivity contribution in [1.82, 2.24) is 9.55 Å². The van der Waals surface area contributed by atoms with Gasteiger partial charge in [-0.25, -0.2) is 4.39 Å². The highest BCUT2D eigenvalue weighted by Crippen LogP contribution is 2.35. The van der Waals surface area contributed by atoms with Crippen LogP contribution in [0.3, 0.4) is 0 Å². The lowest BCUT2D eigenvalue weighted by Crippen LogP contribution is -2.33. The number of hydrogen-bond acceptors (Lipinski definition) is 4. The Kier molecular flexibility index (Phi) is 4.21. The second-order valence-electron chi connectivity index (χ2n) is 5.31. The molecular weight excluding hydrogens is 317 g/mol. The Labute approximate surface area is 136 Å². The Bertz CT molecular complexity index is 817. The van der Waals surface area contributed by atoms with Gasteiger partial charge in [0.15, 0.2) is 5.16 Å². The highest BCUT2D eigenvalue weighted by atomic mass is 32.2. The van der Waals surface area contributed by atoms with Gasteiger partial charge in [0.1, 0.15) is 11.6 Å². The fourth-order valence-corrected chi connectivity index (χ4v) is 3.46. The molecule has 0 aliphatic carbocycles. The van der Waals surface area contributed by atoms with E-state index in [4.69, 9.17) is 0 Å². The topological polar surface area (TPSA) is 64.0 Å². The monoisotopic (exact) mass is 333 g/mol. The number of rotatable bonds is 3. The van der Waals surface area contributed by atoms with Gasteiger partial charge in [0.2, 0.25) is 5.91 Å².